The van der Waals surface area contributed by atoms with Gasteiger partial charge in [-0.2, -0.15) is 0 Å². The SMILES string of the molecule is CCCN1CCC(CN)(N2CCC(C)C(OC)C2)CC1. The molecular weight excluding hydrogens is 250 g/mol. The van der Waals surface area contributed by atoms with Crippen molar-refractivity contribution in [2.24, 2.45) is 11.7 Å². The van der Waals surface area contributed by atoms with Gasteiger partial charge in [0, 0.05) is 25.7 Å². The first-order chi connectivity index (χ1) is 9.65. The van der Waals surface area contributed by atoms with Crippen molar-refractivity contribution in [1.29, 1.82) is 0 Å². The molecule has 0 saturated carbocycles. The molecule has 4 heteroatoms. The van der Waals surface area contributed by atoms with E-state index in [4.69, 9.17) is 10.5 Å². The highest BCUT2D eigenvalue weighted by Crippen LogP contribution is 2.32. The van der Waals surface area contributed by atoms with Crippen LogP contribution in [0.2, 0.25) is 0 Å². The van der Waals surface area contributed by atoms with Crippen molar-refractivity contribution in [3.05, 3.63) is 0 Å². The molecule has 2 N–H and O–H groups in total. The van der Waals surface area contributed by atoms with E-state index < -0.39 is 0 Å². The molecule has 0 radical (unpaired) electrons. The highest BCUT2D eigenvalue weighted by molar-refractivity contribution is 4.99. The van der Waals surface area contributed by atoms with Crippen LogP contribution in [0.5, 0.6) is 0 Å². The second kappa shape index (κ2) is 7.21. The van der Waals surface area contributed by atoms with E-state index in [0.29, 0.717) is 12.0 Å². The third kappa shape index (κ3) is 3.35. The van der Waals surface area contributed by atoms with Gasteiger partial charge in [0.2, 0.25) is 0 Å². The fourth-order valence-corrected chi connectivity index (χ4v) is 3.93. The molecule has 0 bridgehead atoms. The van der Waals surface area contributed by atoms with Crippen molar-refractivity contribution >= 4 is 0 Å². The lowest BCUT2D eigenvalue weighted by Crippen LogP contribution is -2.63. The van der Waals surface area contributed by atoms with Crippen LogP contribution in [0.4, 0.5) is 0 Å². The van der Waals surface area contributed by atoms with Gasteiger partial charge in [-0.3, -0.25) is 4.90 Å². The summed E-state index contributed by atoms with van der Waals surface area (Å²) in [5, 5.41) is 0. The summed E-state index contributed by atoms with van der Waals surface area (Å²) in [4.78, 5) is 5.23. The largest absolute Gasteiger partial charge is 0.380 e. The zero-order chi connectivity index (χ0) is 14.6. The van der Waals surface area contributed by atoms with Gasteiger partial charge in [0.1, 0.15) is 0 Å². The van der Waals surface area contributed by atoms with Crippen LogP contribution in [0.1, 0.15) is 39.5 Å². The molecule has 0 aromatic heterocycles. The van der Waals surface area contributed by atoms with Gasteiger partial charge >= 0.3 is 0 Å². The van der Waals surface area contributed by atoms with Crippen molar-refractivity contribution in [2.75, 3.05) is 46.4 Å². The van der Waals surface area contributed by atoms with E-state index in [0.717, 1.165) is 13.1 Å². The Morgan fingerprint density at radius 2 is 1.95 bits per heavy atom. The Morgan fingerprint density at radius 3 is 2.50 bits per heavy atom. The monoisotopic (exact) mass is 283 g/mol. The quantitative estimate of drug-likeness (QED) is 0.831. The fraction of sp³-hybridized carbons (Fsp3) is 1.00. The molecule has 0 aromatic rings. The summed E-state index contributed by atoms with van der Waals surface area (Å²) in [5.74, 6) is 0.672. The number of hydrogen-bond acceptors (Lipinski definition) is 4. The second-order valence-electron chi connectivity index (χ2n) is 6.76. The molecule has 2 aliphatic rings. The van der Waals surface area contributed by atoms with Crippen LogP contribution >= 0.6 is 0 Å². The molecule has 2 atom stereocenters. The molecule has 0 spiro atoms. The zero-order valence-corrected chi connectivity index (χ0v) is 13.6. The molecular formula is C16H33N3O. The lowest BCUT2D eigenvalue weighted by atomic mass is 9.82. The lowest BCUT2D eigenvalue weighted by molar-refractivity contribution is -0.0617. The first-order valence-corrected chi connectivity index (χ1v) is 8.35. The summed E-state index contributed by atoms with van der Waals surface area (Å²) in [7, 11) is 1.85. The maximum absolute atomic E-state index is 6.21. The standard InChI is InChI=1S/C16H33N3O/c1-4-8-18-10-6-16(13-17,7-11-18)19-9-5-14(2)15(12-19)20-3/h14-15H,4-13,17H2,1-3H3. The Hall–Kier alpha value is -0.160. The normalized spacial score (nSPS) is 32.4. The average Bonchev–Trinajstić information content (AvgIpc) is 2.49. The van der Waals surface area contributed by atoms with Crippen LogP contribution in [0, 0.1) is 5.92 Å². The van der Waals surface area contributed by atoms with Gasteiger partial charge in [-0.05, 0) is 57.8 Å². The summed E-state index contributed by atoms with van der Waals surface area (Å²) in [6.07, 6.45) is 5.30. The molecule has 0 amide bonds. The van der Waals surface area contributed by atoms with E-state index in [1.165, 1.54) is 51.9 Å². The first kappa shape index (κ1) is 16.2. The number of methoxy groups -OCH3 is 1. The summed E-state index contributed by atoms with van der Waals surface area (Å²) >= 11 is 0. The molecule has 2 saturated heterocycles. The topological polar surface area (TPSA) is 41.7 Å². The van der Waals surface area contributed by atoms with Crippen molar-refractivity contribution in [3.63, 3.8) is 0 Å². The van der Waals surface area contributed by atoms with Crippen LogP contribution in [0.15, 0.2) is 0 Å². The zero-order valence-electron chi connectivity index (χ0n) is 13.6. The predicted octanol–water partition coefficient (Wildman–Crippen LogP) is 1.55. The van der Waals surface area contributed by atoms with E-state index in [1.54, 1.807) is 0 Å². The van der Waals surface area contributed by atoms with E-state index in [2.05, 4.69) is 23.6 Å². The van der Waals surface area contributed by atoms with Gasteiger partial charge in [0.15, 0.2) is 0 Å². The number of nitrogens with zero attached hydrogens (tertiary/aromatic N) is 2. The van der Waals surface area contributed by atoms with Gasteiger partial charge < -0.3 is 15.4 Å². The molecule has 4 nitrogen and oxygen atoms in total. The smallest absolute Gasteiger partial charge is 0.0724 e. The third-order valence-corrected chi connectivity index (χ3v) is 5.57. The highest BCUT2D eigenvalue weighted by Gasteiger charge is 2.41. The van der Waals surface area contributed by atoms with Gasteiger partial charge in [-0.1, -0.05) is 13.8 Å². The van der Waals surface area contributed by atoms with Crippen LogP contribution in [0.25, 0.3) is 0 Å². The van der Waals surface area contributed by atoms with Gasteiger partial charge in [0.05, 0.1) is 6.10 Å². The maximum Gasteiger partial charge on any atom is 0.0724 e. The molecule has 2 rings (SSSR count). The number of ether oxygens (including phenoxy) is 1. The van der Waals surface area contributed by atoms with E-state index in [-0.39, 0.29) is 5.54 Å². The number of likely N-dealkylation sites (tertiary alicyclic amines) is 2. The molecule has 0 aliphatic carbocycles. The number of rotatable bonds is 5. The van der Waals surface area contributed by atoms with Crippen LogP contribution in [0.3, 0.4) is 0 Å². The fourth-order valence-electron chi connectivity index (χ4n) is 3.93. The Bertz CT molecular complexity index is 289. The Kier molecular flexibility index (Phi) is 5.84. The molecule has 20 heavy (non-hydrogen) atoms. The van der Waals surface area contributed by atoms with Crippen molar-refractivity contribution < 1.29 is 4.74 Å². The minimum Gasteiger partial charge on any atom is -0.380 e. The average molecular weight is 283 g/mol. The molecule has 0 aromatic carbocycles. The van der Waals surface area contributed by atoms with Crippen LogP contribution < -0.4 is 5.73 Å². The van der Waals surface area contributed by atoms with E-state index in [1.807, 2.05) is 7.11 Å². The summed E-state index contributed by atoms with van der Waals surface area (Å²) in [5.41, 5.74) is 6.43. The summed E-state index contributed by atoms with van der Waals surface area (Å²) < 4.78 is 5.68. The minimum atomic E-state index is 0.223. The summed E-state index contributed by atoms with van der Waals surface area (Å²) in [6.45, 7) is 11.2. The number of nitrogens with two attached hydrogens (primary N) is 1. The van der Waals surface area contributed by atoms with Crippen molar-refractivity contribution in [1.82, 2.24) is 9.80 Å². The van der Waals surface area contributed by atoms with Crippen LogP contribution in [-0.4, -0.2) is 67.8 Å². The molecule has 118 valence electrons. The maximum atomic E-state index is 6.21. The molecule has 2 fully saturated rings. The first-order valence-electron chi connectivity index (χ1n) is 8.35. The van der Waals surface area contributed by atoms with Crippen LogP contribution in [-0.2, 0) is 4.74 Å². The van der Waals surface area contributed by atoms with E-state index in [9.17, 15) is 0 Å². The Labute approximate surface area is 124 Å². The lowest BCUT2D eigenvalue weighted by Gasteiger charge is -2.52. The highest BCUT2D eigenvalue weighted by atomic mass is 16.5. The summed E-state index contributed by atoms with van der Waals surface area (Å²) in [6, 6.07) is 0. The van der Waals surface area contributed by atoms with Crippen molar-refractivity contribution in [3.8, 4) is 0 Å². The Morgan fingerprint density at radius 1 is 1.25 bits per heavy atom. The van der Waals surface area contributed by atoms with Gasteiger partial charge in [-0.25, -0.2) is 0 Å². The van der Waals surface area contributed by atoms with Gasteiger partial charge in [0.25, 0.3) is 0 Å². The van der Waals surface area contributed by atoms with Gasteiger partial charge in [-0.15, -0.1) is 0 Å². The Balaban J connectivity index is 1.98. The number of piperidine rings is 2. The molecule has 2 unspecified atom stereocenters. The third-order valence-electron chi connectivity index (χ3n) is 5.57. The van der Waals surface area contributed by atoms with Crippen molar-refractivity contribution in [2.45, 2.75) is 51.2 Å². The predicted molar refractivity (Wildman–Crippen MR) is 83.9 cm³/mol. The molecule has 2 heterocycles. The van der Waals surface area contributed by atoms with E-state index >= 15 is 0 Å². The molecule has 2 aliphatic heterocycles. The number of hydrogen-bond donors (Lipinski definition) is 1. The minimum absolute atomic E-state index is 0.223. The second-order valence-corrected chi connectivity index (χ2v) is 6.76.